The van der Waals surface area contributed by atoms with Crippen LogP contribution in [0.2, 0.25) is 0 Å². The number of nitrogens with zero attached hydrogens (tertiary/aromatic N) is 2. The number of allylic oxidation sites excluding steroid dienone is 1. The normalized spacial score (nSPS) is 23.1. The van der Waals surface area contributed by atoms with Crippen LogP contribution >= 0.6 is 0 Å². The second kappa shape index (κ2) is 10.8. The maximum absolute atomic E-state index is 13.3. The van der Waals surface area contributed by atoms with Crippen molar-refractivity contribution in [3.8, 4) is 0 Å². The Morgan fingerprint density at radius 2 is 1.90 bits per heavy atom. The highest BCUT2D eigenvalue weighted by molar-refractivity contribution is 6.09. The van der Waals surface area contributed by atoms with Crippen LogP contribution in [-0.4, -0.2) is 48.6 Å². The van der Waals surface area contributed by atoms with Crippen LogP contribution in [0.3, 0.4) is 0 Å². The summed E-state index contributed by atoms with van der Waals surface area (Å²) in [4.78, 5) is 39.9. The third kappa shape index (κ3) is 5.18. The van der Waals surface area contributed by atoms with Crippen molar-refractivity contribution >= 4 is 39.7 Å². The Morgan fingerprint density at radius 1 is 1.12 bits per heavy atom. The number of amides is 2. The summed E-state index contributed by atoms with van der Waals surface area (Å²) in [5, 5.41) is 15.2. The standard InChI is InChI=1S/C32H37N5O3/c1-32(12-3-13-32)20-36-14-10-24(11-15-36)34-18-21(17-33)16-22-6-8-27-29-25(22)4-2-5-26(29)31(40)37(27)19-23-7-9-28(38)35-30(23)39/h2,4-6,8,17-19,23-24H,3,7,9-16,20H2,1H3,(H2-,33,34,35,38,39)/p+2. The van der Waals surface area contributed by atoms with E-state index in [1.807, 2.05) is 30.3 Å². The Morgan fingerprint density at radius 3 is 2.60 bits per heavy atom. The molecule has 1 atom stereocenters. The van der Waals surface area contributed by atoms with Gasteiger partial charge in [0.15, 0.2) is 6.21 Å². The first kappa shape index (κ1) is 26.7. The Hall–Kier alpha value is -3.49. The molecule has 208 valence electrons. The van der Waals surface area contributed by atoms with E-state index in [0.29, 0.717) is 29.7 Å². The summed E-state index contributed by atoms with van der Waals surface area (Å²) >= 11 is 0. The molecule has 1 aromatic heterocycles. The summed E-state index contributed by atoms with van der Waals surface area (Å²) in [7, 11) is 0. The van der Waals surface area contributed by atoms with Gasteiger partial charge >= 0.3 is 5.56 Å². The van der Waals surface area contributed by atoms with Gasteiger partial charge in [-0.2, -0.15) is 0 Å². The van der Waals surface area contributed by atoms with Crippen molar-refractivity contribution in [3.05, 3.63) is 64.2 Å². The monoisotopic (exact) mass is 541 g/mol. The van der Waals surface area contributed by atoms with E-state index >= 15 is 0 Å². The van der Waals surface area contributed by atoms with E-state index in [2.05, 4.69) is 28.7 Å². The van der Waals surface area contributed by atoms with Gasteiger partial charge in [-0.15, -0.1) is 4.24 Å². The molecule has 40 heavy (non-hydrogen) atoms. The molecule has 0 spiro atoms. The first-order valence-electron chi connectivity index (χ1n) is 14.7. The molecular weight excluding hydrogens is 502 g/mol. The zero-order valence-corrected chi connectivity index (χ0v) is 23.2. The highest BCUT2D eigenvalue weighted by Crippen LogP contribution is 2.41. The molecule has 2 aliphatic heterocycles. The lowest BCUT2D eigenvalue weighted by atomic mass is 9.70. The van der Waals surface area contributed by atoms with E-state index in [-0.39, 0.29) is 23.8 Å². The van der Waals surface area contributed by atoms with Gasteiger partial charge in [0, 0.05) is 63.2 Å². The van der Waals surface area contributed by atoms with Crippen LogP contribution < -0.4 is 20.4 Å². The lowest BCUT2D eigenvalue weighted by Crippen LogP contribution is -2.86. The van der Waals surface area contributed by atoms with Crippen molar-refractivity contribution in [3.63, 3.8) is 0 Å². The van der Waals surface area contributed by atoms with Gasteiger partial charge in [0.25, 0.3) is 0 Å². The highest BCUT2D eigenvalue weighted by Gasteiger charge is 2.35. The molecule has 3 heterocycles. The Kier molecular flexibility index (Phi) is 7.23. The van der Waals surface area contributed by atoms with Crippen molar-refractivity contribution in [1.29, 1.82) is 5.41 Å². The number of carbonyl (C=O) groups excluding carboxylic acids is 2. The minimum Gasteiger partial charge on any atom is -0.317 e. The summed E-state index contributed by atoms with van der Waals surface area (Å²) in [6.45, 7) is 5.97. The number of hydrogen-bond acceptors (Lipinski definition) is 5. The molecular formula is C32H39N5O3+2. The van der Waals surface area contributed by atoms with Crippen LogP contribution in [0.1, 0.15) is 57.4 Å². The number of piperidine rings is 2. The quantitative estimate of drug-likeness (QED) is 0.230. The summed E-state index contributed by atoms with van der Waals surface area (Å²) in [5.41, 5.74) is 3.16. The van der Waals surface area contributed by atoms with Gasteiger partial charge in [-0.3, -0.25) is 14.9 Å². The third-order valence-corrected chi connectivity index (χ3v) is 9.39. The van der Waals surface area contributed by atoms with Crippen molar-refractivity contribution in [2.24, 2.45) is 11.3 Å². The van der Waals surface area contributed by atoms with Crippen molar-refractivity contribution < 1.29 is 19.1 Å². The number of nitrogens with two attached hydrogens (primary N) is 1. The first-order chi connectivity index (χ1) is 19.3. The smallest absolute Gasteiger partial charge is 0.317 e. The predicted molar refractivity (Wildman–Crippen MR) is 154 cm³/mol. The lowest BCUT2D eigenvalue weighted by Gasteiger charge is -2.43. The average Bonchev–Trinajstić information content (AvgIpc) is 3.21. The summed E-state index contributed by atoms with van der Waals surface area (Å²) < 4.78 is 1.57. The zero-order chi connectivity index (χ0) is 27.9. The fourth-order valence-electron chi connectivity index (χ4n) is 6.82. The molecule has 2 aromatic carbocycles. The van der Waals surface area contributed by atoms with Gasteiger partial charge in [-0.1, -0.05) is 31.5 Å². The predicted octanol–water partition coefficient (Wildman–Crippen LogP) is 2.15. The van der Waals surface area contributed by atoms with Gasteiger partial charge in [-0.25, -0.2) is 4.79 Å². The largest absolute Gasteiger partial charge is 0.425 e. The van der Waals surface area contributed by atoms with Gasteiger partial charge in [0.2, 0.25) is 17.3 Å². The minimum absolute atomic E-state index is 0.156. The molecule has 0 bridgehead atoms. The number of imide groups is 1. The molecule has 2 amide bonds. The zero-order valence-electron chi connectivity index (χ0n) is 23.2. The van der Waals surface area contributed by atoms with Gasteiger partial charge in [-0.05, 0) is 41.7 Å². The van der Waals surface area contributed by atoms with Crippen molar-refractivity contribution in [1.82, 2.24) is 10.2 Å². The van der Waals surface area contributed by atoms with E-state index in [1.54, 1.807) is 10.5 Å². The molecule has 0 radical (unpaired) electrons. The summed E-state index contributed by atoms with van der Waals surface area (Å²) in [5.74, 6) is -1.15. The molecule has 8 heteroatoms. The minimum atomic E-state index is -0.526. The summed E-state index contributed by atoms with van der Waals surface area (Å²) in [6.07, 6.45) is 13.0. The number of hydrogen-bond donors (Lipinski definition) is 3. The van der Waals surface area contributed by atoms with E-state index < -0.39 is 5.92 Å². The number of aromatic nitrogens is 1. The number of rotatable bonds is 8. The Bertz CT molecular complexity index is 1600. The van der Waals surface area contributed by atoms with Crippen LogP contribution in [0.5, 0.6) is 0 Å². The summed E-state index contributed by atoms with van der Waals surface area (Å²) in [6, 6.07) is 10.3. The fraction of sp³-hybridized carbons (Fsp3) is 0.469. The topological polar surface area (TPSA) is 113 Å². The second-order valence-electron chi connectivity index (χ2n) is 12.4. The Balaban J connectivity index is 1.20. The van der Waals surface area contributed by atoms with Crippen LogP contribution in [0.15, 0.2) is 46.9 Å². The molecule has 8 nitrogen and oxygen atoms in total. The first-order valence-corrected chi connectivity index (χ1v) is 14.7. The molecule has 4 N–H and O–H groups in total. The SMILES string of the molecule is CC1(CN2CCC([NH2+]/C=C(\C=N)Cc3ccc4c5c3cccc5c(=O)[n+]4=CC3CCC(=O)NC3=O)CC2)CCC1. The second-order valence-corrected chi connectivity index (χ2v) is 12.4. The van der Waals surface area contributed by atoms with Gasteiger partial charge in [0.05, 0.1) is 17.6 Å². The highest BCUT2D eigenvalue weighted by atomic mass is 16.2. The molecule has 6 rings (SSSR count). The van der Waals surface area contributed by atoms with Crippen molar-refractivity contribution in [2.45, 2.75) is 64.3 Å². The van der Waals surface area contributed by atoms with Gasteiger partial charge in [0.1, 0.15) is 11.3 Å². The molecule has 3 aromatic rings. The van der Waals surface area contributed by atoms with E-state index in [4.69, 9.17) is 5.41 Å². The number of nitrogens with one attached hydrogen (secondary N) is 2. The fourth-order valence-corrected chi connectivity index (χ4v) is 6.82. The number of quaternary nitrogens is 1. The molecule has 1 saturated carbocycles. The van der Waals surface area contributed by atoms with E-state index in [0.717, 1.165) is 40.5 Å². The number of carbonyl (C=O) groups is 2. The maximum Gasteiger partial charge on any atom is 0.425 e. The molecule has 2 saturated heterocycles. The number of likely N-dealkylation sites (tertiary alicyclic amines) is 1. The van der Waals surface area contributed by atoms with Gasteiger partial charge < -0.3 is 15.6 Å². The van der Waals surface area contributed by atoms with Crippen LogP contribution in [0.4, 0.5) is 0 Å². The molecule has 1 unspecified atom stereocenters. The van der Waals surface area contributed by atoms with E-state index in [1.165, 1.54) is 44.9 Å². The van der Waals surface area contributed by atoms with Crippen LogP contribution in [0, 0.1) is 23.0 Å². The molecule has 3 aliphatic rings. The van der Waals surface area contributed by atoms with Crippen LogP contribution in [-0.2, 0) is 16.0 Å². The Labute approximate surface area is 234 Å². The third-order valence-electron chi connectivity index (χ3n) is 9.39. The molecule has 3 fully saturated rings. The van der Waals surface area contributed by atoms with E-state index in [9.17, 15) is 14.4 Å². The lowest BCUT2D eigenvalue weighted by molar-refractivity contribution is -0.630. The average molecular weight is 542 g/mol. The van der Waals surface area contributed by atoms with Crippen LogP contribution in [0.25, 0.3) is 21.7 Å². The molecule has 1 aliphatic carbocycles. The number of benzene rings is 2. The maximum atomic E-state index is 13.3. The van der Waals surface area contributed by atoms with Crippen molar-refractivity contribution in [2.75, 3.05) is 19.6 Å².